The van der Waals surface area contributed by atoms with Crippen LogP contribution in [0.15, 0.2) is 237 Å². The molecule has 0 N–H and O–H groups in total. The first-order valence-corrected chi connectivity index (χ1v) is 20.3. The molecule has 0 aromatic heterocycles. The molecule has 1 nitrogen and oxygen atoms in total. The van der Waals surface area contributed by atoms with Crippen LogP contribution in [0.3, 0.4) is 0 Å². The maximum atomic E-state index is 2.45. The van der Waals surface area contributed by atoms with Gasteiger partial charge in [0, 0.05) is 16.8 Å². The second-order valence-corrected chi connectivity index (χ2v) is 15.2. The quantitative estimate of drug-likeness (QED) is 0.147. The Morgan fingerprint density at radius 2 is 0.644 bits per heavy atom. The van der Waals surface area contributed by atoms with E-state index in [1.54, 1.807) is 0 Å². The third kappa shape index (κ3) is 6.04. The van der Waals surface area contributed by atoms with Crippen molar-refractivity contribution in [3.8, 4) is 44.5 Å². The fraction of sp³-hybridized carbons (Fsp3) is 0. The van der Waals surface area contributed by atoms with E-state index in [4.69, 9.17) is 0 Å². The van der Waals surface area contributed by atoms with Crippen molar-refractivity contribution in [3.05, 3.63) is 237 Å². The topological polar surface area (TPSA) is 3.24 Å². The predicted octanol–water partition coefficient (Wildman–Crippen LogP) is 16.4. The molecule has 59 heavy (non-hydrogen) atoms. The van der Waals surface area contributed by atoms with E-state index in [1.807, 2.05) is 0 Å². The molecule has 11 aromatic carbocycles. The van der Waals surface area contributed by atoms with Crippen LogP contribution in [-0.4, -0.2) is 0 Å². The fourth-order valence-electron chi connectivity index (χ4n) is 9.17. The van der Waals surface area contributed by atoms with Gasteiger partial charge in [0.25, 0.3) is 0 Å². The van der Waals surface area contributed by atoms with Crippen molar-refractivity contribution in [1.29, 1.82) is 0 Å². The third-order valence-electron chi connectivity index (χ3n) is 11.8. The van der Waals surface area contributed by atoms with Gasteiger partial charge in [0.05, 0.1) is 5.69 Å². The molecule has 0 spiro atoms. The van der Waals surface area contributed by atoms with Crippen LogP contribution < -0.4 is 4.90 Å². The Labute approximate surface area is 344 Å². The average molecular weight is 750 g/mol. The van der Waals surface area contributed by atoms with E-state index in [9.17, 15) is 0 Å². The Morgan fingerprint density at radius 1 is 0.237 bits per heavy atom. The highest BCUT2D eigenvalue weighted by molar-refractivity contribution is 6.22. The first-order valence-electron chi connectivity index (χ1n) is 20.3. The van der Waals surface area contributed by atoms with Crippen LogP contribution in [0.1, 0.15) is 0 Å². The number of hydrogen-bond acceptors (Lipinski definition) is 1. The van der Waals surface area contributed by atoms with Gasteiger partial charge in [-0.15, -0.1) is 0 Å². The number of fused-ring (bicyclic) bond motifs is 6. The van der Waals surface area contributed by atoms with Gasteiger partial charge in [-0.25, -0.2) is 0 Å². The van der Waals surface area contributed by atoms with Crippen molar-refractivity contribution in [2.24, 2.45) is 0 Å². The summed E-state index contributed by atoms with van der Waals surface area (Å²) in [5.74, 6) is 0. The number of hydrogen-bond donors (Lipinski definition) is 0. The summed E-state index contributed by atoms with van der Waals surface area (Å²) in [6.45, 7) is 0. The summed E-state index contributed by atoms with van der Waals surface area (Å²) in [6.07, 6.45) is 0. The summed E-state index contributed by atoms with van der Waals surface area (Å²) in [5.41, 5.74) is 13.0. The smallest absolute Gasteiger partial charge is 0.0546 e. The summed E-state index contributed by atoms with van der Waals surface area (Å²) in [4.78, 5) is 2.45. The van der Waals surface area contributed by atoms with E-state index in [0.717, 1.165) is 17.1 Å². The van der Waals surface area contributed by atoms with Gasteiger partial charge in [0.1, 0.15) is 0 Å². The molecule has 0 saturated heterocycles. The first kappa shape index (κ1) is 34.5. The van der Waals surface area contributed by atoms with Gasteiger partial charge in [-0.2, -0.15) is 0 Å². The molecule has 0 bridgehead atoms. The standard InChI is InChI=1S/C58H39N/c1-4-18-40(19-5-1)48-37-36-46(39-55(48)41-20-6-2-7-21-41)59(56-38-44-24-10-11-25-47(44)49-26-12-15-29-52(49)56)45-34-32-43(33-35-45)58-54-31-17-14-28-51(54)50-27-13-16-30-53(50)57(58)42-22-8-3-9-23-42/h1-39H. The van der Waals surface area contributed by atoms with E-state index < -0.39 is 0 Å². The number of nitrogens with zero attached hydrogens (tertiary/aromatic N) is 1. The zero-order chi connectivity index (χ0) is 39.1. The lowest BCUT2D eigenvalue weighted by molar-refractivity contribution is 1.30. The lowest BCUT2D eigenvalue weighted by Crippen LogP contribution is -2.11. The predicted molar refractivity (Wildman–Crippen MR) is 253 cm³/mol. The van der Waals surface area contributed by atoms with Crippen LogP contribution in [0.4, 0.5) is 17.1 Å². The molecule has 0 heterocycles. The summed E-state index contributed by atoms with van der Waals surface area (Å²) in [5, 5.41) is 9.94. The second-order valence-electron chi connectivity index (χ2n) is 15.2. The second kappa shape index (κ2) is 14.6. The fourth-order valence-corrected chi connectivity index (χ4v) is 9.17. The van der Waals surface area contributed by atoms with E-state index in [0.29, 0.717) is 0 Å². The Morgan fingerprint density at radius 3 is 1.22 bits per heavy atom. The maximum Gasteiger partial charge on any atom is 0.0546 e. The van der Waals surface area contributed by atoms with E-state index >= 15 is 0 Å². The molecular weight excluding hydrogens is 711 g/mol. The highest BCUT2D eigenvalue weighted by Crippen LogP contribution is 2.47. The Hall–Kier alpha value is -7.74. The van der Waals surface area contributed by atoms with Crippen LogP contribution >= 0.6 is 0 Å². The molecule has 276 valence electrons. The van der Waals surface area contributed by atoms with Crippen molar-refractivity contribution < 1.29 is 0 Å². The molecule has 0 amide bonds. The SMILES string of the molecule is c1ccc(-c2ccc(N(c3ccc(-c4c(-c5ccccc5)c5ccccc5c5ccccc45)cc3)c3cc4ccccc4c4ccccc34)cc2-c2ccccc2)cc1. The molecule has 0 saturated carbocycles. The minimum atomic E-state index is 1.09. The van der Waals surface area contributed by atoms with E-state index in [1.165, 1.54) is 87.6 Å². The Balaban J connectivity index is 1.17. The van der Waals surface area contributed by atoms with Gasteiger partial charge in [-0.3, -0.25) is 0 Å². The van der Waals surface area contributed by atoms with Crippen molar-refractivity contribution >= 4 is 60.2 Å². The average Bonchev–Trinajstić information content (AvgIpc) is 3.32. The van der Waals surface area contributed by atoms with Gasteiger partial charge in [0.2, 0.25) is 0 Å². The van der Waals surface area contributed by atoms with Gasteiger partial charge in [0.15, 0.2) is 0 Å². The van der Waals surface area contributed by atoms with Crippen molar-refractivity contribution in [2.45, 2.75) is 0 Å². The molecule has 11 aromatic rings. The zero-order valence-corrected chi connectivity index (χ0v) is 32.5. The minimum absolute atomic E-state index is 1.09. The van der Waals surface area contributed by atoms with Crippen molar-refractivity contribution in [1.82, 2.24) is 0 Å². The third-order valence-corrected chi connectivity index (χ3v) is 11.8. The molecule has 0 aliphatic carbocycles. The van der Waals surface area contributed by atoms with Crippen LogP contribution in [0.2, 0.25) is 0 Å². The molecule has 0 atom stereocenters. The lowest BCUT2D eigenvalue weighted by Gasteiger charge is -2.29. The summed E-state index contributed by atoms with van der Waals surface area (Å²) in [7, 11) is 0. The van der Waals surface area contributed by atoms with Crippen LogP contribution in [0.25, 0.3) is 87.6 Å². The summed E-state index contributed by atoms with van der Waals surface area (Å²) < 4.78 is 0. The Bertz CT molecular complexity index is 3300. The molecule has 0 radical (unpaired) electrons. The van der Waals surface area contributed by atoms with Gasteiger partial charge in [-0.05, 0) is 113 Å². The van der Waals surface area contributed by atoms with E-state index in [-0.39, 0.29) is 0 Å². The minimum Gasteiger partial charge on any atom is -0.310 e. The van der Waals surface area contributed by atoms with E-state index in [2.05, 4.69) is 241 Å². The first-order chi connectivity index (χ1) is 29.3. The molecular formula is C58H39N. The van der Waals surface area contributed by atoms with Gasteiger partial charge >= 0.3 is 0 Å². The molecule has 1 heteroatoms. The largest absolute Gasteiger partial charge is 0.310 e. The highest BCUT2D eigenvalue weighted by Gasteiger charge is 2.22. The zero-order valence-electron chi connectivity index (χ0n) is 32.5. The highest BCUT2D eigenvalue weighted by atomic mass is 15.1. The number of anilines is 3. The summed E-state index contributed by atoms with van der Waals surface area (Å²) >= 11 is 0. The van der Waals surface area contributed by atoms with Crippen LogP contribution in [0.5, 0.6) is 0 Å². The lowest BCUT2D eigenvalue weighted by atomic mass is 9.85. The van der Waals surface area contributed by atoms with Gasteiger partial charge in [-0.1, -0.05) is 206 Å². The van der Waals surface area contributed by atoms with Crippen molar-refractivity contribution in [3.63, 3.8) is 0 Å². The Kier molecular flexibility index (Phi) is 8.56. The van der Waals surface area contributed by atoms with Crippen LogP contribution in [-0.2, 0) is 0 Å². The molecule has 0 aliphatic heterocycles. The normalized spacial score (nSPS) is 11.4. The molecule has 0 aliphatic rings. The molecule has 0 unspecified atom stereocenters. The number of rotatable bonds is 7. The number of benzene rings is 11. The maximum absolute atomic E-state index is 2.45. The van der Waals surface area contributed by atoms with Crippen molar-refractivity contribution in [2.75, 3.05) is 4.90 Å². The van der Waals surface area contributed by atoms with Gasteiger partial charge < -0.3 is 4.90 Å². The van der Waals surface area contributed by atoms with Crippen LogP contribution in [0, 0.1) is 0 Å². The molecule has 0 fully saturated rings. The molecule has 11 rings (SSSR count). The monoisotopic (exact) mass is 749 g/mol. The summed E-state index contributed by atoms with van der Waals surface area (Å²) in [6, 6.07) is 86.3.